The first-order valence-electron chi connectivity index (χ1n) is 7.19. The number of aromatic nitrogens is 1. The molecule has 5 nitrogen and oxygen atoms in total. The number of thiazole rings is 1. The van der Waals surface area contributed by atoms with Crippen molar-refractivity contribution in [2.24, 2.45) is 0 Å². The van der Waals surface area contributed by atoms with E-state index in [0.29, 0.717) is 20.7 Å². The van der Waals surface area contributed by atoms with E-state index in [-0.39, 0.29) is 24.9 Å². The van der Waals surface area contributed by atoms with Gasteiger partial charge in [0.15, 0.2) is 0 Å². The maximum atomic E-state index is 12.3. The average Bonchev–Trinajstić information content (AvgIpc) is 2.92. The van der Waals surface area contributed by atoms with Gasteiger partial charge in [-0.05, 0) is 32.0 Å². The van der Waals surface area contributed by atoms with Crippen molar-refractivity contribution in [3.05, 3.63) is 39.3 Å². The van der Waals surface area contributed by atoms with Gasteiger partial charge in [-0.3, -0.25) is 9.59 Å². The zero-order chi connectivity index (χ0) is 17.9. The van der Waals surface area contributed by atoms with Gasteiger partial charge in [0.2, 0.25) is 5.91 Å². The molecule has 24 heavy (non-hydrogen) atoms. The molecule has 0 spiro atoms. The molecule has 2 rings (SSSR count). The number of nitrogens with zero attached hydrogens (tertiary/aromatic N) is 2. The summed E-state index contributed by atoms with van der Waals surface area (Å²) in [6.45, 7) is 3.23. The average molecular weight is 387 g/mol. The second kappa shape index (κ2) is 7.96. The third-order valence-electron chi connectivity index (χ3n) is 3.29. The minimum atomic E-state index is -1.04. The molecule has 0 saturated carbocycles. The molecule has 0 atom stereocenters. The van der Waals surface area contributed by atoms with Crippen LogP contribution < -0.4 is 0 Å². The third kappa shape index (κ3) is 4.69. The van der Waals surface area contributed by atoms with E-state index in [2.05, 4.69) is 4.98 Å². The van der Waals surface area contributed by atoms with Crippen LogP contribution in [0.25, 0.3) is 10.6 Å². The van der Waals surface area contributed by atoms with Crippen molar-refractivity contribution in [1.29, 1.82) is 0 Å². The van der Waals surface area contributed by atoms with Crippen molar-refractivity contribution >= 4 is 46.4 Å². The molecule has 0 saturated heterocycles. The van der Waals surface area contributed by atoms with Gasteiger partial charge >= 0.3 is 5.97 Å². The van der Waals surface area contributed by atoms with Crippen molar-refractivity contribution in [2.75, 3.05) is 6.54 Å². The Hall–Kier alpha value is -1.63. The number of hydrogen-bond donors (Lipinski definition) is 1. The molecule has 8 heteroatoms. The molecule has 0 aliphatic heterocycles. The monoisotopic (exact) mass is 386 g/mol. The summed E-state index contributed by atoms with van der Waals surface area (Å²) in [6, 6.07) is 4.94. The van der Waals surface area contributed by atoms with Crippen LogP contribution in [-0.4, -0.2) is 39.5 Å². The van der Waals surface area contributed by atoms with Gasteiger partial charge in [0, 0.05) is 22.0 Å². The molecule has 1 N–H and O–H groups in total. The van der Waals surface area contributed by atoms with Crippen LogP contribution in [-0.2, 0) is 16.0 Å². The number of carbonyl (C=O) groups excluding carboxylic acids is 1. The second-order valence-corrected chi connectivity index (χ2v) is 7.16. The number of carboxylic acid groups (broad SMARTS) is 1. The summed E-state index contributed by atoms with van der Waals surface area (Å²) in [5.74, 6) is -1.31. The molecule has 0 radical (unpaired) electrons. The van der Waals surface area contributed by atoms with E-state index in [1.54, 1.807) is 37.4 Å². The Labute approximate surface area is 153 Å². The van der Waals surface area contributed by atoms with E-state index in [4.69, 9.17) is 28.3 Å². The minimum Gasteiger partial charge on any atom is -0.480 e. The van der Waals surface area contributed by atoms with Crippen molar-refractivity contribution < 1.29 is 14.7 Å². The fraction of sp³-hybridized carbons (Fsp3) is 0.312. The van der Waals surface area contributed by atoms with E-state index >= 15 is 0 Å². The molecule has 128 valence electrons. The van der Waals surface area contributed by atoms with Crippen molar-refractivity contribution in [2.45, 2.75) is 26.3 Å². The van der Waals surface area contributed by atoms with Gasteiger partial charge in [-0.2, -0.15) is 0 Å². The number of hydrogen-bond acceptors (Lipinski definition) is 4. The maximum absolute atomic E-state index is 12.3. The minimum absolute atomic E-state index is 0.0488. The van der Waals surface area contributed by atoms with Gasteiger partial charge in [0.25, 0.3) is 0 Å². The lowest BCUT2D eigenvalue weighted by molar-refractivity contribution is -0.145. The molecular weight excluding hydrogens is 371 g/mol. The van der Waals surface area contributed by atoms with Crippen LogP contribution in [0.2, 0.25) is 10.0 Å². The van der Waals surface area contributed by atoms with Crippen molar-refractivity contribution in [3.63, 3.8) is 0 Å². The highest BCUT2D eigenvalue weighted by Gasteiger charge is 2.21. The van der Waals surface area contributed by atoms with Crippen LogP contribution in [0.3, 0.4) is 0 Å². The van der Waals surface area contributed by atoms with E-state index < -0.39 is 5.97 Å². The molecule has 1 aromatic carbocycles. The Bertz CT molecular complexity index is 762. The summed E-state index contributed by atoms with van der Waals surface area (Å²) >= 11 is 13.4. The number of rotatable bonds is 6. The van der Waals surface area contributed by atoms with Gasteiger partial charge in [-0.1, -0.05) is 23.2 Å². The maximum Gasteiger partial charge on any atom is 0.323 e. The van der Waals surface area contributed by atoms with Gasteiger partial charge in [-0.15, -0.1) is 11.3 Å². The van der Waals surface area contributed by atoms with Crippen LogP contribution in [0.5, 0.6) is 0 Å². The van der Waals surface area contributed by atoms with Crippen LogP contribution in [0.1, 0.15) is 19.5 Å². The lowest BCUT2D eigenvalue weighted by Crippen LogP contribution is -2.41. The number of aliphatic carboxylic acids is 1. The fourth-order valence-corrected chi connectivity index (χ4v) is 3.55. The lowest BCUT2D eigenvalue weighted by Gasteiger charge is -2.24. The predicted octanol–water partition coefficient (Wildman–Crippen LogP) is 3.98. The second-order valence-electron chi connectivity index (χ2n) is 5.45. The van der Waals surface area contributed by atoms with E-state index in [0.717, 1.165) is 5.56 Å². The normalized spacial score (nSPS) is 10.9. The Morgan fingerprint density at radius 2 is 2.04 bits per heavy atom. The largest absolute Gasteiger partial charge is 0.480 e. The highest BCUT2D eigenvalue weighted by Crippen LogP contribution is 2.32. The van der Waals surface area contributed by atoms with E-state index in [1.807, 2.05) is 0 Å². The van der Waals surface area contributed by atoms with Gasteiger partial charge < -0.3 is 10.0 Å². The smallest absolute Gasteiger partial charge is 0.323 e. The van der Waals surface area contributed by atoms with Gasteiger partial charge in [0.1, 0.15) is 11.6 Å². The SMILES string of the molecule is CC(C)N(CC(=O)O)C(=O)Cc1csc(-c2ccc(Cl)cc2Cl)n1. The molecule has 1 aromatic heterocycles. The molecule has 1 heterocycles. The van der Waals surface area contributed by atoms with Crippen LogP contribution >= 0.6 is 34.5 Å². The molecule has 0 aliphatic rings. The summed E-state index contributed by atoms with van der Waals surface area (Å²) in [6.07, 6.45) is 0.0488. The van der Waals surface area contributed by atoms with Crippen LogP contribution in [0.15, 0.2) is 23.6 Å². The Balaban J connectivity index is 2.15. The van der Waals surface area contributed by atoms with Gasteiger partial charge in [-0.25, -0.2) is 4.98 Å². The zero-order valence-corrected chi connectivity index (χ0v) is 15.5. The number of amides is 1. The summed E-state index contributed by atoms with van der Waals surface area (Å²) in [5.41, 5.74) is 1.33. The number of benzene rings is 1. The van der Waals surface area contributed by atoms with E-state index in [1.165, 1.54) is 16.2 Å². The molecule has 2 aromatic rings. The third-order valence-corrected chi connectivity index (χ3v) is 4.77. The molecular formula is C16H16Cl2N2O3S. The molecule has 0 unspecified atom stereocenters. The molecule has 0 bridgehead atoms. The molecule has 1 amide bonds. The van der Waals surface area contributed by atoms with Crippen LogP contribution in [0, 0.1) is 0 Å². The summed E-state index contributed by atoms with van der Waals surface area (Å²) in [5, 5.41) is 12.4. The van der Waals surface area contributed by atoms with Gasteiger partial charge in [0.05, 0.1) is 17.1 Å². The van der Waals surface area contributed by atoms with Crippen LogP contribution in [0.4, 0.5) is 0 Å². The summed E-state index contributed by atoms with van der Waals surface area (Å²) < 4.78 is 0. The number of carboxylic acids is 1. The fourth-order valence-electron chi connectivity index (χ4n) is 2.14. The zero-order valence-electron chi connectivity index (χ0n) is 13.1. The molecule has 0 fully saturated rings. The first kappa shape index (κ1) is 18.7. The highest BCUT2D eigenvalue weighted by molar-refractivity contribution is 7.13. The Kier molecular flexibility index (Phi) is 6.21. The highest BCUT2D eigenvalue weighted by atomic mass is 35.5. The standard InChI is InChI=1S/C16H16Cl2N2O3S/c1-9(2)20(7-15(22)23)14(21)6-11-8-24-16(19-11)12-4-3-10(17)5-13(12)18/h3-5,8-9H,6-7H2,1-2H3,(H,22,23). The quantitative estimate of drug-likeness (QED) is 0.814. The molecule has 0 aliphatic carbocycles. The Morgan fingerprint density at radius 1 is 1.33 bits per heavy atom. The first-order chi connectivity index (χ1) is 11.3. The Morgan fingerprint density at radius 3 is 2.62 bits per heavy atom. The first-order valence-corrected chi connectivity index (χ1v) is 8.82. The number of halogens is 2. The topological polar surface area (TPSA) is 70.5 Å². The summed E-state index contributed by atoms with van der Waals surface area (Å²) in [4.78, 5) is 29.0. The van der Waals surface area contributed by atoms with Crippen molar-refractivity contribution in [1.82, 2.24) is 9.88 Å². The van der Waals surface area contributed by atoms with E-state index in [9.17, 15) is 9.59 Å². The summed E-state index contributed by atoms with van der Waals surface area (Å²) in [7, 11) is 0. The predicted molar refractivity (Wildman–Crippen MR) is 95.8 cm³/mol. The number of carbonyl (C=O) groups is 2. The lowest BCUT2D eigenvalue weighted by atomic mass is 10.2. The van der Waals surface area contributed by atoms with Crippen molar-refractivity contribution in [3.8, 4) is 10.6 Å².